The van der Waals surface area contributed by atoms with Gasteiger partial charge in [0.15, 0.2) is 0 Å². The molecule has 6 heteroatoms. The summed E-state index contributed by atoms with van der Waals surface area (Å²) >= 11 is 0. The van der Waals surface area contributed by atoms with Crippen LogP contribution in [0.4, 0.5) is 0 Å². The van der Waals surface area contributed by atoms with Crippen LogP contribution >= 0.6 is 12.4 Å². The van der Waals surface area contributed by atoms with Crippen molar-refractivity contribution in [3.8, 4) is 0 Å². The second kappa shape index (κ2) is 7.63. The smallest absolute Gasteiger partial charge is 0.374 e. The van der Waals surface area contributed by atoms with E-state index in [1.807, 2.05) is 31.2 Å². The van der Waals surface area contributed by atoms with Crippen LogP contribution in [0.5, 0.6) is 0 Å². The topological polar surface area (TPSA) is 51.9 Å². The first-order valence-electron chi connectivity index (χ1n) is 7.21. The fraction of sp³-hybridized carbons (Fsp3) is 0.438. The van der Waals surface area contributed by atoms with Crippen LogP contribution < -0.4 is 0 Å². The van der Waals surface area contributed by atoms with Crippen LogP contribution in [0.15, 0.2) is 28.7 Å². The van der Waals surface area contributed by atoms with E-state index in [1.54, 1.807) is 0 Å². The Morgan fingerprint density at radius 3 is 2.73 bits per heavy atom. The maximum absolute atomic E-state index is 12.1. The van der Waals surface area contributed by atoms with Gasteiger partial charge in [0.05, 0.1) is 13.2 Å². The molecule has 1 aliphatic rings. The van der Waals surface area contributed by atoms with E-state index in [0.717, 1.165) is 49.4 Å². The maximum Gasteiger partial charge on any atom is 0.374 e. The van der Waals surface area contributed by atoms with Crippen LogP contribution in [0.25, 0.3) is 11.0 Å². The van der Waals surface area contributed by atoms with Crippen LogP contribution in [0, 0.1) is 6.92 Å². The van der Waals surface area contributed by atoms with Crippen molar-refractivity contribution in [2.75, 3.05) is 39.5 Å². The van der Waals surface area contributed by atoms with E-state index in [2.05, 4.69) is 4.90 Å². The monoisotopic (exact) mass is 325 g/mol. The number of carbonyl (C=O) groups excluding carboxylic acids is 1. The molecule has 3 rings (SSSR count). The fourth-order valence-corrected chi connectivity index (χ4v) is 2.53. The molecule has 0 N–H and O–H groups in total. The molecule has 0 amide bonds. The molecule has 2 aromatic rings. The van der Waals surface area contributed by atoms with E-state index >= 15 is 0 Å². The molecule has 0 aliphatic carbocycles. The van der Waals surface area contributed by atoms with Crippen LogP contribution in [0.2, 0.25) is 0 Å². The molecule has 1 fully saturated rings. The van der Waals surface area contributed by atoms with Gasteiger partial charge in [-0.05, 0) is 13.0 Å². The van der Waals surface area contributed by atoms with Gasteiger partial charge in [-0.2, -0.15) is 0 Å². The molecule has 0 unspecified atom stereocenters. The summed E-state index contributed by atoms with van der Waals surface area (Å²) in [5, 5.41) is 0.956. The number of nitrogens with zero attached hydrogens (tertiary/aromatic N) is 1. The summed E-state index contributed by atoms with van der Waals surface area (Å²) in [6.45, 7) is 6.25. The number of halogens is 1. The Balaban J connectivity index is 0.00000176. The second-order valence-electron chi connectivity index (χ2n) is 5.14. The van der Waals surface area contributed by atoms with Gasteiger partial charge in [-0.15, -0.1) is 12.4 Å². The van der Waals surface area contributed by atoms with Crippen molar-refractivity contribution in [2.24, 2.45) is 0 Å². The van der Waals surface area contributed by atoms with Gasteiger partial charge in [-0.1, -0.05) is 18.2 Å². The summed E-state index contributed by atoms with van der Waals surface area (Å²) in [7, 11) is 0. The van der Waals surface area contributed by atoms with Crippen molar-refractivity contribution in [3.05, 3.63) is 35.6 Å². The third-order valence-electron chi connectivity index (χ3n) is 3.77. The number of carbonyl (C=O) groups is 1. The Morgan fingerprint density at radius 2 is 2.00 bits per heavy atom. The lowest BCUT2D eigenvalue weighted by Gasteiger charge is -2.26. The van der Waals surface area contributed by atoms with Gasteiger partial charge >= 0.3 is 5.97 Å². The number of furan rings is 1. The first-order valence-corrected chi connectivity index (χ1v) is 7.21. The first-order chi connectivity index (χ1) is 10.3. The molecule has 1 saturated heterocycles. The maximum atomic E-state index is 12.1. The molecule has 0 atom stereocenters. The van der Waals surface area contributed by atoms with Gasteiger partial charge in [0.1, 0.15) is 12.2 Å². The highest BCUT2D eigenvalue weighted by Gasteiger charge is 2.19. The number of fused-ring (bicyclic) bond motifs is 1. The molecular weight excluding hydrogens is 306 g/mol. The van der Waals surface area contributed by atoms with Crippen molar-refractivity contribution in [1.29, 1.82) is 0 Å². The number of esters is 1. The average molecular weight is 326 g/mol. The third-order valence-corrected chi connectivity index (χ3v) is 3.77. The predicted molar refractivity (Wildman–Crippen MR) is 85.7 cm³/mol. The summed E-state index contributed by atoms with van der Waals surface area (Å²) in [6, 6.07) is 7.61. The number of benzene rings is 1. The largest absolute Gasteiger partial charge is 0.458 e. The minimum Gasteiger partial charge on any atom is -0.458 e. The number of rotatable bonds is 4. The molecule has 0 spiro atoms. The van der Waals surface area contributed by atoms with Crippen LogP contribution in [-0.4, -0.2) is 50.3 Å². The van der Waals surface area contributed by atoms with Crippen LogP contribution in [0.1, 0.15) is 16.1 Å². The van der Waals surface area contributed by atoms with Crippen molar-refractivity contribution in [2.45, 2.75) is 6.92 Å². The molecule has 1 aromatic heterocycles. The van der Waals surface area contributed by atoms with E-state index in [9.17, 15) is 4.79 Å². The normalized spacial score (nSPS) is 15.5. The van der Waals surface area contributed by atoms with Crippen molar-refractivity contribution in [3.63, 3.8) is 0 Å². The Labute approximate surface area is 135 Å². The molecular formula is C16H20ClNO4. The molecule has 0 saturated carbocycles. The minimum atomic E-state index is -0.392. The van der Waals surface area contributed by atoms with E-state index in [4.69, 9.17) is 13.9 Å². The van der Waals surface area contributed by atoms with E-state index in [1.165, 1.54) is 0 Å². The number of morpholine rings is 1. The van der Waals surface area contributed by atoms with Crippen LogP contribution in [0.3, 0.4) is 0 Å². The summed E-state index contributed by atoms with van der Waals surface area (Å²) < 4.78 is 16.2. The zero-order valence-corrected chi connectivity index (χ0v) is 13.4. The highest BCUT2D eigenvalue weighted by atomic mass is 35.5. The average Bonchev–Trinajstić information content (AvgIpc) is 2.86. The molecule has 120 valence electrons. The number of aryl methyl sites for hydroxylation is 1. The third kappa shape index (κ3) is 3.61. The van der Waals surface area contributed by atoms with Gasteiger partial charge in [-0.25, -0.2) is 4.79 Å². The van der Waals surface area contributed by atoms with Gasteiger partial charge < -0.3 is 13.9 Å². The zero-order chi connectivity index (χ0) is 14.7. The lowest BCUT2D eigenvalue weighted by Crippen LogP contribution is -2.38. The van der Waals surface area contributed by atoms with E-state index in [-0.39, 0.29) is 12.4 Å². The second-order valence-corrected chi connectivity index (χ2v) is 5.14. The highest BCUT2D eigenvalue weighted by molar-refractivity contribution is 5.95. The molecule has 2 heterocycles. The standard InChI is InChI=1S/C16H19NO4.ClH/c1-12-13-4-2-3-5-14(13)21-15(12)16(18)20-11-8-17-6-9-19-10-7-17;/h2-5H,6-11H2,1H3;1H. The van der Waals surface area contributed by atoms with Crippen molar-refractivity contribution < 1.29 is 18.7 Å². The summed E-state index contributed by atoms with van der Waals surface area (Å²) in [6.07, 6.45) is 0. The fourth-order valence-electron chi connectivity index (χ4n) is 2.53. The van der Waals surface area contributed by atoms with Crippen molar-refractivity contribution in [1.82, 2.24) is 4.90 Å². The Morgan fingerprint density at radius 1 is 1.27 bits per heavy atom. The Bertz CT molecular complexity index is 634. The van der Waals surface area contributed by atoms with Gasteiger partial charge in [0.2, 0.25) is 5.76 Å². The molecule has 0 bridgehead atoms. The van der Waals surface area contributed by atoms with E-state index in [0.29, 0.717) is 12.4 Å². The molecule has 5 nitrogen and oxygen atoms in total. The van der Waals surface area contributed by atoms with Gasteiger partial charge in [0.25, 0.3) is 0 Å². The summed E-state index contributed by atoms with van der Waals surface area (Å²) in [5.74, 6) is -0.0878. The number of para-hydroxylation sites is 1. The van der Waals surface area contributed by atoms with Gasteiger partial charge in [0, 0.05) is 30.6 Å². The summed E-state index contributed by atoms with van der Waals surface area (Å²) in [5.41, 5.74) is 1.55. The number of ether oxygens (including phenoxy) is 2. The number of hydrogen-bond donors (Lipinski definition) is 0. The molecule has 1 aromatic carbocycles. The number of hydrogen-bond acceptors (Lipinski definition) is 5. The SMILES string of the molecule is Cc1c(C(=O)OCCN2CCOCC2)oc2ccccc12.Cl. The lowest BCUT2D eigenvalue weighted by molar-refractivity contribution is 0.0183. The first kappa shape index (κ1) is 16.8. The lowest BCUT2D eigenvalue weighted by atomic mass is 10.1. The summed E-state index contributed by atoms with van der Waals surface area (Å²) in [4.78, 5) is 14.3. The quantitative estimate of drug-likeness (QED) is 0.809. The van der Waals surface area contributed by atoms with Crippen LogP contribution in [-0.2, 0) is 9.47 Å². The Hall–Kier alpha value is -1.56. The van der Waals surface area contributed by atoms with Crippen molar-refractivity contribution >= 4 is 29.3 Å². The highest BCUT2D eigenvalue weighted by Crippen LogP contribution is 2.25. The molecule has 0 radical (unpaired) electrons. The zero-order valence-electron chi connectivity index (χ0n) is 12.5. The predicted octanol–water partition coefficient (Wildman–Crippen LogP) is 2.65. The molecule has 1 aliphatic heterocycles. The van der Waals surface area contributed by atoms with Gasteiger partial charge in [-0.3, -0.25) is 4.90 Å². The molecule has 22 heavy (non-hydrogen) atoms. The van der Waals surface area contributed by atoms with E-state index < -0.39 is 5.97 Å². The Kier molecular flexibility index (Phi) is 5.83. The minimum absolute atomic E-state index is 0.